The molecule has 36 heavy (non-hydrogen) atoms. The maximum atomic E-state index is 14.3. The van der Waals surface area contributed by atoms with E-state index < -0.39 is 5.54 Å². The summed E-state index contributed by atoms with van der Waals surface area (Å²) in [5.74, 6) is 1.01. The van der Waals surface area contributed by atoms with E-state index in [2.05, 4.69) is 5.32 Å². The van der Waals surface area contributed by atoms with E-state index in [-0.39, 0.29) is 23.9 Å². The highest BCUT2D eigenvalue weighted by atomic mass is 16.5. The molecule has 0 radical (unpaired) electrons. The molecule has 1 aliphatic carbocycles. The summed E-state index contributed by atoms with van der Waals surface area (Å²) in [5.41, 5.74) is 1.18. The quantitative estimate of drug-likeness (QED) is 0.524. The first-order valence-electron chi connectivity index (χ1n) is 12.8. The number of hydrogen-bond acceptors (Lipinski definition) is 4. The third-order valence-corrected chi connectivity index (χ3v) is 7.96. The van der Waals surface area contributed by atoms with Crippen molar-refractivity contribution in [3.8, 4) is 11.5 Å². The maximum absolute atomic E-state index is 14.3. The summed E-state index contributed by atoms with van der Waals surface area (Å²) < 4.78 is 13.2. The maximum Gasteiger partial charge on any atom is 0.271 e. The van der Waals surface area contributed by atoms with Crippen LogP contribution in [0.1, 0.15) is 68.0 Å². The van der Waals surface area contributed by atoms with E-state index in [1.54, 1.807) is 19.1 Å². The highest BCUT2D eigenvalue weighted by Gasteiger charge is 2.50. The van der Waals surface area contributed by atoms with Crippen molar-refractivity contribution < 1.29 is 19.1 Å². The third-order valence-electron chi connectivity index (χ3n) is 7.96. The van der Waals surface area contributed by atoms with Crippen LogP contribution in [0.5, 0.6) is 11.5 Å². The van der Waals surface area contributed by atoms with Gasteiger partial charge in [-0.2, -0.15) is 0 Å². The molecule has 5 rings (SSSR count). The van der Waals surface area contributed by atoms with Gasteiger partial charge in [-0.3, -0.25) is 9.59 Å². The van der Waals surface area contributed by atoms with Crippen LogP contribution in [0.15, 0.2) is 48.5 Å². The minimum absolute atomic E-state index is 0.111. The van der Waals surface area contributed by atoms with E-state index in [1.807, 2.05) is 66.9 Å². The SMILES string of the molecule is COc1ccc(OC)c2c1cc1n2CC(C)(C(=O)NC2CCCCC2)N(C(C)c2ccccc2)C1=O. The van der Waals surface area contributed by atoms with Crippen molar-refractivity contribution in [2.75, 3.05) is 14.2 Å². The lowest BCUT2D eigenvalue weighted by Crippen LogP contribution is -2.65. The number of nitrogens with zero attached hydrogens (tertiary/aromatic N) is 2. The molecule has 1 fully saturated rings. The van der Waals surface area contributed by atoms with Crippen LogP contribution in [0.2, 0.25) is 0 Å². The van der Waals surface area contributed by atoms with Crippen LogP contribution in [0.4, 0.5) is 0 Å². The summed E-state index contributed by atoms with van der Waals surface area (Å²) in [6.07, 6.45) is 5.40. The molecule has 0 saturated heterocycles. The molecule has 2 unspecified atom stereocenters. The number of ether oxygens (including phenoxy) is 2. The Labute approximate surface area is 212 Å². The van der Waals surface area contributed by atoms with Gasteiger partial charge in [0.1, 0.15) is 22.7 Å². The van der Waals surface area contributed by atoms with Crippen molar-refractivity contribution in [2.45, 2.75) is 70.1 Å². The van der Waals surface area contributed by atoms with Gasteiger partial charge in [0.25, 0.3) is 5.91 Å². The predicted octanol–water partition coefficient (Wildman–Crippen LogP) is 5.08. The molecule has 1 aliphatic heterocycles. The van der Waals surface area contributed by atoms with Crippen LogP contribution in [-0.4, -0.2) is 47.1 Å². The monoisotopic (exact) mass is 489 g/mol. The van der Waals surface area contributed by atoms with Crippen LogP contribution in [0.25, 0.3) is 10.9 Å². The van der Waals surface area contributed by atoms with Gasteiger partial charge in [-0.25, -0.2) is 0 Å². The molecule has 3 aromatic rings. The minimum atomic E-state index is -1.10. The summed E-state index contributed by atoms with van der Waals surface area (Å²) in [7, 11) is 3.23. The van der Waals surface area contributed by atoms with Gasteiger partial charge >= 0.3 is 0 Å². The van der Waals surface area contributed by atoms with Crippen LogP contribution >= 0.6 is 0 Å². The predicted molar refractivity (Wildman–Crippen MR) is 139 cm³/mol. The summed E-state index contributed by atoms with van der Waals surface area (Å²) in [6, 6.07) is 15.3. The normalized spacial score (nSPS) is 21.2. The van der Waals surface area contributed by atoms with Crippen molar-refractivity contribution in [1.82, 2.24) is 14.8 Å². The van der Waals surface area contributed by atoms with Gasteiger partial charge in [0.15, 0.2) is 0 Å². The molecule has 2 amide bonds. The Hall–Kier alpha value is -3.48. The number of carbonyl (C=O) groups excluding carboxylic acids is 2. The third kappa shape index (κ3) is 3.91. The van der Waals surface area contributed by atoms with Gasteiger partial charge in [-0.1, -0.05) is 49.6 Å². The van der Waals surface area contributed by atoms with E-state index in [1.165, 1.54) is 6.42 Å². The zero-order chi connectivity index (χ0) is 25.4. The summed E-state index contributed by atoms with van der Waals surface area (Å²) >= 11 is 0. The first kappa shape index (κ1) is 24.2. The number of carbonyl (C=O) groups is 2. The van der Waals surface area contributed by atoms with Crippen molar-refractivity contribution >= 4 is 22.7 Å². The van der Waals surface area contributed by atoms with E-state index >= 15 is 0 Å². The molecule has 2 atom stereocenters. The van der Waals surface area contributed by atoms with Gasteiger partial charge in [0.2, 0.25) is 5.91 Å². The van der Waals surface area contributed by atoms with Crippen LogP contribution in [0.3, 0.4) is 0 Å². The molecule has 1 saturated carbocycles. The Morgan fingerprint density at radius 2 is 1.69 bits per heavy atom. The van der Waals surface area contributed by atoms with Gasteiger partial charge in [0.05, 0.1) is 32.3 Å². The van der Waals surface area contributed by atoms with E-state index in [9.17, 15) is 9.59 Å². The average Bonchev–Trinajstić information content (AvgIpc) is 3.28. The number of rotatable bonds is 6. The molecule has 2 heterocycles. The van der Waals surface area contributed by atoms with Gasteiger partial charge < -0.3 is 24.3 Å². The minimum Gasteiger partial charge on any atom is -0.496 e. The second-order valence-corrected chi connectivity index (χ2v) is 10.2. The van der Waals surface area contributed by atoms with E-state index in [4.69, 9.17) is 9.47 Å². The fourth-order valence-corrected chi connectivity index (χ4v) is 5.99. The number of amides is 2. The fourth-order valence-electron chi connectivity index (χ4n) is 5.99. The standard InChI is InChI=1S/C29H35N3O4/c1-19(20-11-7-5-8-12-20)32-27(33)23-17-22-24(35-3)15-16-25(36-4)26(22)31(23)18-29(32,2)28(34)30-21-13-9-6-10-14-21/h5,7-8,11-12,15-17,19,21H,6,9-10,13-14,18H2,1-4H3,(H,30,34). The molecule has 0 bridgehead atoms. The zero-order valence-electron chi connectivity index (χ0n) is 21.5. The summed E-state index contributed by atoms with van der Waals surface area (Å²) in [6.45, 7) is 4.21. The van der Waals surface area contributed by atoms with Crippen LogP contribution in [-0.2, 0) is 11.3 Å². The molecule has 0 spiro atoms. The molecular weight excluding hydrogens is 454 g/mol. The largest absolute Gasteiger partial charge is 0.496 e. The van der Waals surface area contributed by atoms with Gasteiger partial charge in [-0.15, -0.1) is 0 Å². The Balaban J connectivity index is 1.65. The van der Waals surface area contributed by atoms with Gasteiger partial charge in [-0.05, 0) is 50.5 Å². The lowest BCUT2D eigenvalue weighted by molar-refractivity contribution is -0.135. The Morgan fingerprint density at radius 3 is 2.36 bits per heavy atom. The first-order chi connectivity index (χ1) is 17.4. The van der Waals surface area contributed by atoms with Gasteiger partial charge in [0, 0.05) is 11.4 Å². The number of fused-ring (bicyclic) bond motifs is 3. The summed E-state index contributed by atoms with van der Waals surface area (Å²) in [4.78, 5) is 30.1. The molecule has 7 nitrogen and oxygen atoms in total. The molecule has 1 N–H and O–H groups in total. The Bertz CT molecular complexity index is 1280. The zero-order valence-corrected chi connectivity index (χ0v) is 21.5. The smallest absolute Gasteiger partial charge is 0.271 e. The summed E-state index contributed by atoms with van der Waals surface area (Å²) in [5, 5.41) is 4.10. The second-order valence-electron chi connectivity index (χ2n) is 10.2. The molecule has 190 valence electrons. The average molecular weight is 490 g/mol. The number of methoxy groups -OCH3 is 2. The Kier molecular flexibility index (Phi) is 6.41. The van der Waals surface area contributed by atoms with Crippen molar-refractivity contribution in [3.05, 3.63) is 59.8 Å². The van der Waals surface area contributed by atoms with E-state index in [0.717, 1.165) is 42.1 Å². The van der Waals surface area contributed by atoms with E-state index in [0.29, 0.717) is 23.7 Å². The topological polar surface area (TPSA) is 72.8 Å². The fraction of sp³-hybridized carbons (Fsp3) is 0.448. The molecule has 2 aliphatic rings. The highest BCUT2D eigenvalue weighted by Crippen LogP contribution is 2.42. The van der Waals surface area contributed by atoms with Crippen LogP contribution < -0.4 is 14.8 Å². The van der Waals surface area contributed by atoms with Crippen molar-refractivity contribution in [1.29, 1.82) is 0 Å². The lowest BCUT2D eigenvalue weighted by Gasteiger charge is -2.47. The van der Waals surface area contributed by atoms with Crippen molar-refractivity contribution in [2.24, 2.45) is 0 Å². The molecule has 2 aromatic carbocycles. The first-order valence-corrected chi connectivity index (χ1v) is 12.8. The number of nitrogens with one attached hydrogen (secondary N) is 1. The number of aromatic nitrogens is 1. The molecule has 7 heteroatoms. The van der Waals surface area contributed by atoms with Crippen molar-refractivity contribution in [3.63, 3.8) is 0 Å². The van der Waals surface area contributed by atoms with Crippen LogP contribution in [0, 0.1) is 0 Å². The molecule has 1 aromatic heterocycles. The lowest BCUT2D eigenvalue weighted by atomic mass is 9.89. The number of benzene rings is 2. The number of hydrogen-bond donors (Lipinski definition) is 1. The highest BCUT2D eigenvalue weighted by molar-refractivity contribution is 6.06. The Morgan fingerprint density at radius 1 is 1.03 bits per heavy atom. The molecular formula is C29H35N3O4. The second kappa shape index (κ2) is 9.52.